The summed E-state index contributed by atoms with van der Waals surface area (Å²) >= 11 is 6.17. The van der Waals surface area contributed by atoms with Crippen molar-refractivity contribution in [2.24, 2.45) is 0 Å². The SMILES string of the molecule is N=C(CC(NC(=O)Nc1cc(Cl)cn(Cc2ccc(C(F)(F)F)cc2)c1=O)c1ccccc1O)c1cccnc1. The Morgan fingerprint density at radius 3 is 2.48 bits per heavy atom. The lowest BCUT2D eigenvalue weighted by atomic mass is 9.97. The van der Waals surface area contributed by atoms with Gasteiger partial charge in [0.15, 0.2) is 0 Å². The highest BCUT2D eigenvalue weighted by Crippen LogP contribution is 2.29. The normalized spacial score (nSPS) is 12.0. The fraction of sp³-hybridized carbons (Fsp3) is 0.143. The number of amides is 2. The van der Waals surface area contributed by atoms with Crippen LogP contribution in [0.4, 0.5) is 23.7 Å². The van der Waals surface area contributed by atoms with E-state index in [1.807, 2.05) is 0 Å². The minimum atomic E-state index is -4.49. The Labute approximate surface area is 231 Å². The van der Waals surface area contributed by atoms with Gasteiger partial charge in [0.1, 0.15) is 11.4 Å². The second kappa shape index (κ2) is 12.0. The van der Waals surface area contributed by atoms with E-state index in [1.165, 1.54) is 41.2 Å². The van der Waals surface area contributed by atoms with Crippen molar-refractivity contribution >= 4 is 29.0 Å². The number of alkyl halides is 3. The van der Waals surface area contributed by atoms with Crippen molar-refractivity contribution in [1.29, 1.82) is 5.41 Å². The second-order valence-corrected chi connectivity index (χ2v) is 9.27. The molecule has 4 rings (SSSR count). The highest BCUT2D eigenvalue weighted by molar-refractivity contribution is 6.30. The van der Waals surface area contributed by atoms with Crippen molar-refractivity contribution < 1.29 is 23.1 Å². The molecule has 0 aliphatic rings. The molecule has 0 aliphatic carbocycles. The zero-order chi connectivity index (χ0) is 28.9. The zero-order valence-electron chi connectivity index (χ0n) is 20.7. The molecule has 0 radical (unpaired) electrons. The summed E-state index contributed by atoms with van der Waals surface area (Å²) in [5.74, 6) is -0.0894. The van der Waals surface area contributed by atoms with Crippen LogP contribution in [0.3, 0.4) is 0 Å². The molecule has 0 spiro atoms. The van der Waals surface area contributed by atoms with Crippen molar-refractivity contribution in [2.45, 2.75) is 25.2 Å². The smallest absolute Gasteiger partial charge is 0.416 e. The first-order valence-corrected chi connectivity index (χ1v) is 12.3. The molecule has 0 saturated heterocycles. The van der Waals surface area contributed by atoms with E-state index < -0.39 is 29.4 Å². The van der Waals surface area contributed by atoms with E-state index in [0.717, 1.165) is 12.1 Å². The van der Waals surface area contributed by atoms with Crippen LogP contribution >= 0.6 is 11.6 Å². The molecule has 206 valence electrons. The zero-order valence-corrected chi connectivity index (χ0v) is 21.5. The summed E-state index contributed by atoms with van der Waals surface area (Å²) in [7, 11) is 0. The molecule has 2 aromatic carbocycles. The molecular formula is C28H23ClF3N5O3. The van der Waals surface area contributed by atoms with Gasteiger partial charge < -0.3 is 25.7 Å². The molecule has 40 heavy (non-hydrogen) atoms. The summed E-state index contributed by atoms with van der Waals surface area (Å²) in [6.07, 6.45) is -0.0937. The lowest BCUT2D eigenvalue weighted by molar-refractivity contribution is -0.137. The molecule has 12 heteroatoms. The molecule has 2 aromatic heterocycles. The first-order valence-electron chi connectivity index (χ1n) is 11.9. The number of hydrogen-bond acceptors (Lipinski definition) is 5. The van der Waals surface area contributed by atoms with Crippen LogP contribution in [0.2, 0.25) is 5.02 Å². The van der Waals surface area contributed by atoms with E-state index in [2.05, 4.69) is 15.6 Å². The van der Waals surface area contributed by atoms with Gasteiger partial charge in [-0.3, -0.25) is 9.78 Å². The van der Waals surface area contributed by atoms with Gasteiger partial charge in [-0.1, -0.05) is 48.0 Å². The molecule has 8 nitrogen and oxygen atoms in total. The number of nitrogens with one attached hydrogen (secondary N) is 3. The molecule has 0 saturated carbocycles. The van der Waals surface area contributed by atoms with Crippen LogP contribution in [0, 0.1) is 5.41 Å². The topological polar surface area (TPSA) is 120 Å². The van der Waals surface area contributed by atoms with Crippen molar-refractivity contribution in [3.63, 3.8) is 0 Å². The van der Waals surface area contributed by atoms with Crippen LogP contribution in [0.25, 0.3) is 0 Å². The third-order valence-corrected chi connectivity index (χ3v) is 6.18. The maximum Gasteiger partial charge on any atom is 0.416 e. The van der Waals surface area contributed by atoms with Gasteiger partial charge in [0, 0.05) is 41.8 Å². The molecule has 0 bridgehead atoms. The van der Waals surface area contributed by atoms with Crippen LogP contribution < -0.4 is 16.2 Å². The maximum absolute atomic E-state index is 13.1. The number of halogens is 4. The van der Waals surface area contributed by atoms with Gasteiger partial charge in [0.05, 0.1) is 23.2 Å². The first-order chi connectivity index (χ1) is 19.0. The molecule has 4 aromatic rings. The fourth-order valence-corrected chi connectivity index (χ4v) is 4.23. The minimum absolute atomic E-state index is 0.00435. The number of rotatable bonds is 8. The number of phenolic OH excluding ortho intramolecular Hbond substituents is 1. The van der Waals surface area contributed by atoms with Gasteiger partial charge in [-0.25, -0.2) is 4.79 Å². The van der Waals surface area contributed by atoms with E-state index in [4.69, 9.17) is 17.0 Å². The highest BCUT2D eigenvalue weighted by Gasteiger charge is 2.30. The number of carbonyl (C=O) groups excluding carboxylic acids is 1. The van der Waals surface area contributed by atoms with Gasteiger partial charge in [-0.2, -0.15) is 13.2 Å². The molecular weight excluding hydrogens is 547 g/mol. The fourth-order valence-electron chi connectivity index (χ4n) is 4.00. The van der Waals surface area contributed by atoms with Crippen LogP contribution in [-0.4, -0.2) is 26.4 Å². The lowest BCUT2D eigenvalue weighted by Crippen LogP contribution is -2.36. The predicted molar refractivity (Wildman–Crippen MR) is 145 cm³/mol. The average molecular weight is 570 g/mol. The minimum Gasteiger partial charge on any atom is -0.508 e. The molecule has 0 fully saturated rings. The summed E-state index contributed by atoms with van der Waals surface area (Å²) in [6.45, 7) is -0.0867. The maximum atomic E-state index is 13.1. The third-order valence-electron chi connectivity index (χ3n) is 5.97. The van der Waals surface area contributed by atoms with Crippen molar-refractivity contribution in [3.05, 3.63) is 123 Å². The van der Waals surface area contributed by atoms with Crippen LogP contribution in [0.15, 0.2) is 90.1 Å². The quantitative estimate of drug-likeness (QED) is 0.195. The number of pyridine rings is 2. The van der Waals surface area contributed by atoms with Gasteiger partial charge in [0.25, 0.3) is 5.56 Å². The largest absolute Gasteiger partial charge is 0.508 e. The number of hydrogen-bond donors (Lipinski definition) is 4. The monoisotopic (exact) mass is 569 g/mol. The number of para-hydroxylation sites is 1. The number of phenols is 1. The Morgan fingerprint density at radius 2 is 1.82 bits per heavy atom. The number of aromatic hydroxyl groups is 1. The van der Waals surface area contributed by atoms with Crippen LogP contribution in [0.5, 0.6) is 5.75 Å². The van der Waals surface area contributed by atoms with Crippen LogP contribution in [0.1, 0.15) is 34.7 Å². The van der Waals surface area contributed by atoms with Crippen LogP contribution in [-0.2, 0) is 12.7 Å². The van der Waals surface area contributed by atoms with Crippen molar-refractivity contribution in [3.8, 4) is 5.75 Å². The Kier molecular flexibility index (Phi) is 8.54. The van der Waals surface area contributed by atoms with Gasteiger partial charge >= 0.3 is 12.2 Å². The standard InChI is InChI=1S/C28H23ClF3N5O3/c29-20-12-24(26(39)37(16-20)15-17-7-9-19(10-8-17)28(30,31)32)36-27(40)35-23(21-5-1-2-6-25(21)38)13-22(33)18-4-3-11-34-14-18/h1-12,14,16,23,33,38H,13,15H2,(H2,35,36,40). The summed E-state index contributed by atoms with van der Waals surface area (Å²) < 4.78 is 39.8. The summed E-state index contributed by atoms with van der Waals surface area (Å²) in [5.41, 5.74) is -0.158. The van der Waals surface area contributed by atoms with Gasteiger partial charge in [-0.15, -0.1) is 0 Å². The number of urea groups is 1. The Hall–Kier alpha value is -4.64. The highest BCUT2D eigenvalue weighted by atomic mass is 35.5. The molecule has 2 amide bonds. The Morgan fingerprint density at radius 1 is 1.10 bits per heavy atom. The molecule has 1 unspecified atom stereocenters. The van der Waals surface area contributed by atoms with Gasteiger partial charge in [-0.05, 0) is 35.9 Å². The van der Waals surface area contributed by atoms with E-state index in [1.54, 1.807) is 36.5 Å². The average Bonchev–Trinajstić information content (AvgIpc) is 2.91. The van der Waals surface area contributed by atoms with E-state index in [0.29, 0.717) is 16.7 Å². The summed E-state index contributed by atoms with van der Waals surface area (Å²) in [5, 5.41) is 24.1. The van der Waals surface area contributed by atoms with E-state index in [9.17, 15) is 27.9 Å². The number of aromatic nitrogens is 2. The molecule has 0 aliphatic heterocycles. The first kappa shape index (κ1) is 28.4. The van der Waals surface area contributed by atoms with Crippen molar-refractivity contribution in [1.82, 2.24) is 14.9 Å². The molecule has 1 atom stereocenters. The third kappa shape index (κ3) is 7.06. The Balaban J connectivity index is 1.54. The van der Waals surface area contributed by atoms with E-state index >= 15 is 0 Å². The summed E-state index contributed by atoms with van der Waals surface area (Å²) in [4.78, 5) is 30.1. The number of nitrogens with zero attached hydrogens (tertiary/aromatic N) is 2. The Bertz CT molecular complexity index is 1580. The predicted octanol–water partition coefficient (Wildman–Crippen LogP) is 5.99. The second-order valence-electron chi connectivity index (χ2n) is 8.83. The van der Waals surface area contributed by atoms with Gasteiger partial charge in [0.2, 0.25) is 0 Å². The number of benzene rings is 2. The lowest BCUT2D eigenvalue weighted by Gasteiger charge is -2.21. The summed E-state index contributed by atoms with van der Waals surface area (Å²) in [6, 6.07) is 13.7. The van der Waals surface area contributed by atoms with Crippen molar-refractivity contribution in [2.75, 3.05) is 5.32 Å². The molecule has 2 heterocycles. The van der Waals surface area contributed by atoms with E-state index in [-0.39, 0.29) is 35.1 Å². The number of anilines is 1. The molecule has 4 N–H and O–H groups in total. The number of carbonyl (C=O) groups is 1.